The summed E-state index contributed by atoms with van der Waals surface area (Å²) in [5.74, 6) is -0.0156. The van der Waals surface area contributed by atoms with Gasteiger partial charge in [0.15, 0.2) is 0 Å². The predicted molar refractivity (Wildman–Crippen MR) is 71.3 cm³/mol. The van der Waals surface area contributed by atoms with Crippen LogP contribution in [-0.2, 0) is 0 Å². The Labute approximate surface area is 116 Å². The summed E-state index contributed by atoms with van der Waals surface area (Å²) in [7, 11) is 0. The van der Waals surface area contributed by atoms with Crippen molar-refractivity contribution in [3.63, 3.8) is 0 Å². The molecule has 1 amide bonds. The molecule has 2 unspecified atom stereocenters. The minimum atomic E-state index is -0.0156. The molecular weight excluding hydrogens is 273 g/mol. The third-order valence-electron chi connectivity index (χ3n) is 3.77. The Kier molecular flexibility index (Phi) is 3.26. The maximum absolute atomic E-state index is 12.3. The lowest BCUT2D eigenvalue weighted by molar-refractivity contribution is 0.0743. The van der Waals surface area contributed by atoms with Crippen molar-refractivity contribution in [2.24, 2.45) is 0 Å². The molecule has 0 spiro atoms. The largest absolute Gasteiger partial charge is 0.340 e. The average Bonchev–Trinajstić information content (AvgIpc) is 2.82. The molecule has 2 N–H and O–H groups in total. The summed E-state index contributed by atoms with van der Waals surface area (Å²) in [6, 6.07) is 2.61. The molecule has 2 saturated heterocycles. The van der Waals surface area contributed by atoms with Gasteiger partial charge in [0.2, 0.25) is 0 Å². The lowest BCUT2D eigenvalue weighted by atomic mass is 10.1. The Morgan fingerprint density at radius 1 is 1.28 bits per heavy atom. The average molecular weight is 288 g/mol. The second-order valence-electron chi connectivity index (χ2n) is 5.02. The van der Waals surface area contributed by atoms with Crippen molar-refractivity contribution in [1.82, 2.24) is 15.2 Å². The molecule has 0 radical (unpaired) electrons. The summed E-state index contributed by atoms with van der Waals surface area (Å²) in [5.41, 5.74) is 0.475. The molecule has 2 fully saturated rings. The molecule has 1 aromatic heterocycles. The number of halogens is 2. The van der Waals surface area contributed by atoms with Crippen LogP contribution in [0.5, 0.6) is 0 Å². The van der Waals surface area contributed by atoms with Crippen LogP contribution in [0.2, 0.25) is 10.2 Å². The standard InChI is InChI=1S/C12H15Cl2N3O/c13-9-5-10(16-11(9)14)12(18)17-4-3-7-1-2-8(6-17)15-7/h5,7-8,15-16H,1-4,6H2. The molecular formula is C12H15Cl2N3O. The van der Waals surface area contributed by atoms with Crippen LogP contribution in [0.4, 0.5) is 0 Å². The SMILES string of the molecule is O=C(c1cc(Cl)c(Cl)[nH]1)N1CCC2CCC(C1)N2. The van der Waals surface area contributed by atoms with Gasteiger partial charge in [0.1, 0.15) is 10.8 Å². The van der Waals surface area contributed by atoms with E-state index >= 15 is 0 Å². The van der Waals surface area contributed by atoms with E-state index in [2.05, 4.69) is 10.3 Å². The van der Waals surface area contributed by atoms with Crippen LogP contribution in [-0.4, -0.2) is 41.0 Å². The number of hydrogen-bond donors (Lipinski definition) is 2. The Hall–Kier alpha value is -0.710. The third-order valence-corrected chi connectivity index (χ3v) is 4.46. The molecule has 18 heavy (non-hydrogen) atoms. The van der Waals surface area contributed by atoms with Crippen molar-refractivity contribution in [3.05, 3.63) is 21.9 Å². The number of aromatic amines is 1. The molecule has 0 aliphatic carbocycles. The Balaban J connectivity index is 1.76. The molecule has 0 saturated carbocycles. The number of fused-ring (bicyclic) bond motifs is 2. The van der Waals surface area contributed by atoms with Crippen LogP contribution in [0.3, 0.4) is 0 Å². The monoisotopic (exact) mass is 287 g/mol. The fourth-order valence-corrected chi connectivity index (χ4v) is 3.13. The van der Waals surface area contributed by atoms with Crippen LogP contribution < -0.4 is 5.32 Å². The van der Waals surface area contributed by atoms with Crippen LogP contribution in [0.1, 0.15) is 29.8 Å². The summed E-state index contributed by atoms with van der Waals surface area (Å²) >= 11 is 11.7. The van der Waals surface area contributed by atoms with E-state index in [0.29, 0.717) is 28.0 Å². The maximum Gasteiger partial charge on any atom is 0.270 e. The van der Waals surface area contributed by atoms with E-state index in [0.717, 1.165) is 25.9 Å². The molecule has 3 rings (SSSR count). The van der Waals surface area contributed by atoms with Crippen molar-refractivity contribution >= 4 is 29.1 Å². The van der Waals surface area contributed by atoms with E-state index < -0.39 is 0 Å². The molecule has 4 nitrogen and oxygen atoms in total. The zero-order valence-corrected chi connectivity index (χ0v) is 11.4. The van der Waals surface area contributed by atoms with E-state index in [4.69, 9.17) is 23.2 Å². The van der Waals surface area contributed by atoms with E-state index in [1.54, 1.807) is 6.07 Å². The van der Waals surface area contributed by atoms with E-state index in [1.807, 2.05) is 4.90 Å². The lowest BCUT2D eigenvalue weighted by Gasteiger charge is -2.23. The van der Waals surface area contributed by atoms with E-state index in [1.165, 1.54) is 6.42 Å². The number of likely N-dealkylation sites (tertiary alicyclic amines) is 1. The van der Waals surface area contributed by atoms with Gasteiger partial charge in [0.05, 0.1) is 5.02 Å². The van der Waals surface area contributed by atoms with Crippen molar-refractivity contribution in [1.29, 1.82) is 0 Å². The molecule has 2 aliphatic rings. The van der Waals surface area contributed by atoms with Gasteiger partial charge in [0.25, 0.3) is 5.91 Å². The second-order valence-corrected chi connectivity index (χ2v) is 5.81. The van der Waals surface area contributed by atoms with Crippen LogP contribution in [0.25, 0.3) is 0 Å². The highest BCUT2D eigenvalue weighted by atomic mass is 35.5. The molecule has 2 aliphatic heterocycles. The first-order chi connectivity index (χ1) is 8.63. The fraction of sp³-hybridized carbons (Fsp3) is 0.583. The van der Waals surface area contributed by atoms with Gasteiger partial charge in [-0.3, -0.25) is 4.79 Å². The first-order valence-electron chi connectivity index (χ1n) is 6.23. The topological polar surface area (TPSA) is 48.1 Å². The van der Waals surface area contributed by atoms with Gasteiger partial charge in [-0.25, -0.2) is 0 Å². The lowest BCUT2D eigenvalue weighted by Crippen LogP contribution is -2.39. The number of carbonyl (C=O) groups is 1. The number of nitrogens with zero attached hydrogens (tertiary/aromatic N) is 1. The molecule has 2 atom stereocenters. The highest BCUT2D eigenvalue weighted by Gasteiger charge is 2.31. The number of rotatable bonds is 1. The third kappa shape index (κ3) is 2.25. The number of nitrogens with one attached hydrogen (secondary N) is 2. The normalized spacial score (nSPS) is 27.3. The van der Waals surface area contributed by atoms with Crippen molar-refractivity contribution in [3.8, 4) is 0 Å². The minimum absolute atomic E-state index is 0.0156. The quantitative estimate of drug-likeness (QED) is 0.833. The highest BCUT2D eigenvalue weighted by Crippen LogP contribution is 2.25. The molecule has 3 heterocycles. The Morgan fingerprint density at radius 2 is 2.06 bits per heavy atom. The summed E-state index contributed by atoms with van der Waals surface area (Å²) in [6.45, 7) is 1.56. The van der Waals surface area contributed by atoms with Gasteiger partial charge < -0.3 is 15.2 Å². The number of H-pyrrole nitrogens is 1. The van der Waals surface area contributed by atoms with Gasteiger partial charge in [-0.1, -0.05) is 23.2 Å². The van der Waals surface area contributed by atoms with E-state index in [-0.39, 0.29) is 5.91 Å². The zero-order chi connectivity index (χ0) is 12.7. The maximum atomic E-state index is 12.3. The molecule has 98 valence electrons. The van der Waals surface area contributed by atoms with Gasteiger partial charge in [-0.05, 0) is 25.3 Å². The van der Waals surface area contributed by atoms with Crippen LogP contribution >= 0.6 is 23.2 Å². The summed E-state index contributed by atoms with van der Waals surface area (Å²) < 4.78 is 0. The van der Waals surface area contributed by atoms with E-state index in [9.17, 15) is 4.79 Å². The zero-order valence-electron chi connectivity index (χ0n) is 9.88. The van der Waals surface area contributed by atoms with Crippen LogP contribution in [0.15, 0.2) is 6.07 Å². The van der Waals surface area contributed by atoms with Crippen molar-refractivity contribution in [2.45, 2.75) is 31.3 Å². The fourth-order valence-electron chi connectivity index (χ4n) is 2.82. The second kappa shape index (κ2) is 4.76. The van der Waals surface area contributed by atoms with Gasteiger partial charge >= 0.3 is 0 Å². The summed E-state index contributed by atoms with van der Waals surface area (Å²) in [6.07, 6.45) is 3.40. The molecule has 1 aromatic rings. The number of amides is 1. The smallest absolute Gasteiger partial charge is 0.270 e. The number of hydrogen-bond acceptors (Lipinski definition) is 2. The van der Waals surface area contributed by atoms with Crippen molar-refractivity contribution < 1.29 is 4.79 Å². The van der Waals surface area contributed by atoms with Gasteiger partial charge in [0, 0.05) is 25.2 Å². The van der Waals surface area contributed by atoms with Gasteiger partial charge in [-0.15, -0.1) is 0 Å². The van der Waals surface area contributed by atoms with Crippen LogP contribution in [0, 0.1) is 0 Å². The Bertz CT molecular complexity index is 454. The Morgan fingerprint density at radius 3 is 2.78 bits per heavy atom. The molecule has 0 aromatic carbocycles. The van der Waals surface area contributed by atoms with Crippen molar-refractivity contribution in [2.75, 3.05) is 13.1 Å². The molecule has 6 heteroatoms. The first kappa shape index (κ1) is 12.3. The predicted octanol–water partition coefficient (Wildman–Crippen LogP) is 2.29. The minimum Gasteiger partial charge on any atom is -0.340 e. The number of aromatic nitrogens is 1. The first-order valence-corrected chi connectivity index (χ1v) is 6.98. The summed E-state index contributed by atoms with van der Waals surface area (Å²) in [5, 5.41) is 4.28. The molecule has 2 bridgehead atoms. The van der Waals surface area contributed by atoms with Gasteiger partial charge in [-0.2, -0.15) is 0 Å². The summed E-state index contributed by atoms with van der Waals surface area (Å²) in [4.78, 5) is 17.1. The highest BCUT2D eigenvalue weighted by molar-refractivity contribution is 6.41. The number of carbonyl (C=O) groups excluding carboxylic acids is 1.